The number of aldehydes is 1. The molecule has 2 aliphatic heterocycles. The van der Waals surface area contributed by atoms with Crippen molar-refractivity contribution in [1.29, 1.82) is 0 Å². The third kappa shape index (κ3) is 13.5. The number of phenols is 1. The van der Waals surface area contributed by atoms with Gasteiger partial charge < -0.3 is 39.4 Å². The molecule has 2 radical (unpaired) electrons. The number of allylic oxidation sites excluding steroid dienone is 1. The minimum absolute atomic E-state index is 0.00505. The molecule has 1 aromatic carbocycles. The van der Waals surface area contributed by atoms with Crippen LogP contribution >= 0.6 is 17.8 Å². The Morgan fingerprint density at radius 3 is 2.57 bits per heavy atom. The van der Waals surface area contributed by atoms with Gasteiger partial charge in [0.15, 0.2) is 11.5 Å². The number of piperidine rings is 2. The zero-order valence-corrected chi connectivity index (χ0v) is 42.5. The van der Waals surface area contributed by atoms with Crippen LogP contribution < -0.4 is 29.5 Å². The number of phenolic OH excluding ortho intramolecular Hbond substituents is 1. The van der Waals surface area contributed by atoms with Crippen molar-refractivity contribution in [2.45, 2.75) is 127 Å². The number of aliphatic imine (C=N–C) groups is 1. The SMILES string of the molecule is CC(C)(C)OC(=O)NCC=O.CCc1ccc(OC)c(O)c1C12CCN(C)C(C)C1(O)CC=C(OC(=O)N1CCCCC1CNC(=O)C(CCCN=C(N)[NH][Pb][I])NC)C2. The van der Waals surface area contributed by atoms with Gasteiger partial charge in [0.1, 0.15) is 17.6 Å². The number of methoxy groups -OCH3 is 1. The van der Waals surface area contributed by atoms with E-state index < -0.39 is 49.0 Å². The third-order valence-electron chi connectivity index (χ3n) is 11.6. The molecule has 19 heteroatoms. The van der Waals surface area contributed by atoms with Crippen LogP contribution in [-0.2, 0) is 30.9 Å². The molecule has 1 aromatic rings. The fraction of sp³-hybridized carbons (Fsp3) is 0.683. The van der Waals surface area contributed by atoms with Gasteiger partial charge in [0, 0.05) is 36.4 Å². The summed E-state index contributed by atoms with van der Waals surface area (Å²) in [5.41, 5.74) is 4.81. The summed E-state index contributed by atoms with van der Waals surface area (Å²) in [6, 6.07) is 2.92. The number of nitrogens with one attached hydrogen (secondary N) is 4. The zero-order valence-electron chi connectivity index (χ0n) is 36.5. The second-order valence-electron chi connectivity index (χ2n) is 16.4. The first kappa shape index (κ1) is 51.4. The number of carbonyl (C=O) groups excluding carboxylic acids is 4. The molecule has 336 valence electrons. The average molecular weight is 1150 g/mol. The molecule has 3 aliphatic rings. The van der Waals surface area contributed by atoms with E-state index in [-0.39, 0.29) is 49.2 Å². The fourth-order valence-corrected chi connectivity index (χ4v) is 11.4. The quantitative estimate of drug-likeness (QED) is 0.0334. The van der Waals surface area contributed by atoms with Crippen LogP contribution in [0.1, 0.15) is 97.1 Å². The summed E-state index contributed by atoms with van der Waals surface area (Å²) in [5.74, 6) is 1.23. The number of carbonyl (C=O) groups is 4. The molecule has 4 rings (SSSR count). The number of hydrogen-bond acceptors (Lipinski definition) is 12. The number of amides is 3. The van der Waals surface area contributed by atoms with Crippen LogP contribution in [-0.4, -0.2) is 154 Å². The summed E-state index contributed by atoms with van der Waals surface area (Å²) in [4.78, 5) is 55.7. The van der Waals surface area contributed by atoms with Gasteiger partial charge in [-0.05, 0) is 84.7 Å². The van der Waals surface area contributed by atoms with Crippen molar-refractivity contribution in [3.05, 3.63) is 35.1 Å². The second-order valence-corrected chi connectivity index (χ2v) is 22.9. The van der Waals surface area contributed by atoms with Crippen molar-refractivity contribution in [1.82, 2.24) is 28.9 Å². The van der Waals surface area contributed by atoms with E-state index in [0.29, 0.717) is 81.2 Å². The largest absolute Gasteiger partial charge is 0.0182 e. The van der Waals surface area contributed by atoms with Gasteiger partial charge in [0.2, 0.25) is 0 Å². The molecule has 2 saturated heterocycles. The minimum Gasteiger partial charge on any atom is 0.0182 e. The van der Waals surface area contributed by atoms with Crippen molar-refractivity contribution < 1.29 is 43.6 Å². The summed E-state index contributed by atoms with van der Waals surface area (Å²) >= 11 is 1.46. The van der Waals surface area contributed by atoms with E-state index in [1.807, 2.05) is 33.0 Å². The monoisotopic (exact) mass is 1150 g/mol. The molecule has 0 spiro atoms. The molecule has 2 fully saturated rings. The Morgan fingerprint density at radius 2 is 1.93 bits per heavy atom. The number of hydrogen-bond donors (Lipinski definition) is 7. The summed E-state index contributed by atoms with van der Waals surface area (Å²) < 4.78 is 19.7. The molecule has 2 heterocycles. The number of guanidine groups is 1. The molecule has 17 nitrogen and oxygen atoms in total. The molecule has 60 heavy (non-hydrogen) atoms. The van der Waals surface area contributed by atoms with E-state index in [1.165, 1.54) is 7.11 Å². The van der Waals surface area contributed by atoms with E-state index in [4.69, 9.17) is 19.9 Å². The normalized spacial score (nSPS) is 23.7. The molecule has 0 bridgehead atoms. The van der Waals surface area contributed by atoms with E-state index >= 15 is 0 Å². The number of aryl methyl sites for hydroxylation is 1. The van der Waals surface area contributed by atoms with Gasteiger partial charge in [-0.1, -0.05) is 13.0 Å². The topological polar surface area (TPSA) is 229 Å². The Hall–Kier alpha value is -2.96. The summed E-state index contributed by atoms with van der Waals surface area (Å²) in [6.45, 7) is 11.4. The number of alkyl carbamates (subject to hydrolysis) is 1. The maximum absolute atomic E-state index is 13.8. The Labute approximate surface area is 376 Å². The maximum Gasteiger partial charge on any atom is 0.0182 e. The number of likely N-dealkylation sites (tertiary alicyclic amines) is 2. The Morgan fingerprint density at radius 1 is 1.20 bits per heavy atom. The van der Waals surface area contributed by atoms with Gasteiger partial charge in [0.05, 0.1) is 19.3 Å². The van der Waals surface area contributed by atoms with Gasteiger partial charge in [-0.2, -0.15) is 0 Å². The van der Waals surface area contributed by atoms with Crippen LogP contribution in [0.25, 0.3) is 0 Å². The number of nitrogens with zero attached hydrogens (tertiary/aromatic N) is 3. The van der Waals surface area contributed by atoms with Crippen LogP contribution in [0.4, 0.5) is 9.59 Å². The number of rotatable bonds is 15. The van der Waals surface area contributed by atoms with Crippen molar-refractivity contribution in [2.75, 3.05) is 53.9 Å². The summed E-state index contributed by atoms with van der Waals surface area (Å²) in [7, 11) is 5.30. The molecule has 3 amide bonds. The number of nitrogens with two attached hydrogens (primary N) is 1. The zero-order chi connectivity index (χ0) is 44.7. The molecule has 1 aliphatic carbocycles. The number of likely N-dealkylation sites (N-methyl/N-ethyl adjacent to an activating group) is 2. The minimum atomic E-state index is -1.22. The Bertz CT molecular complexity index is 1680. The maximum atomic E-state index is 13.8. The number of fused-ring (bicyclic) bond motifs is 1. The Balaban J connectivity index is 0.000000764. The molecule has 0 saturated carbocycles. The first-order valence-corrected chi connectivity index (χ1v) is 33.6. The second kappa shape index (κ2) is 24.0. The third-order valence-corrected chi connectivity index (χ3v) is 15.3. The molecule has 0 aromatic heterocycles. The Kier molecular flexibility index (Phi) is 20.6. The van der Waals surface area contributed by atoms with Gasteiger partial charge in [0.25, 0.3) is 0 Å². The molecule has 5 unspecified atom stereocenters. The van der Waals surface area contributed by atoms with Gasteiger partial charge in [-0.25, -0.2) is 9.59 Å². The predicted molar refractivity (Wildman–Crippen MR) is 240 cm³/mol. The number of halogens is 1. The van der Waals surface area contributed by atoms with E-state index in [1.54, 1.807) is 38.8 Å². The van der Waals surface area contributed by atoms with Gasteiger partial charge >= 0.3 is 148 Å². The number of ether oxygens (including phenoxy) is 3. The van der Waals surface area contributed by atoms with Crippen LogP contribution in [0.3, 0.4) is 0 Å². The summed E-state index contributed by atoms with van der Waals surface area (Å²) in [6.07, 6.45) is 7.05. The fourth-order valence-electron chi connectivity index (χ4n) is 8.30. The average Bonchev–Trinajstić information content (AvgIpc) is 3.21. The first-order valence-electron chi connectivity index (χ1n) is 20.7. The standard InChI is InChI=1S/C34H55N7O6.C7H13NO3.HI.Pb/c1-6-23-12-13-27(46-5)29(42)28(23)33-16-19-40(4)22(2)34(33,45)15-14-25(20-33)47-32(44)41-18-8-7-10-24(41)21-39-30(43)26(37-3)11-9-17-38-31(35)36;1-7(2,3)11-6(10)8-4-5-9;;/h12-14,22,24,26,37,45H,6-11,15-21H2,1-5H3,(H6,35,36,38,39,42,43);5H,4H2,1-3H3,(H,8,10);1H;/q;;;+2/p-2. The molecular weight excluding hydrogens is 1080 g/mol. The van der Waals surface area contributed by atoms with E-state index in [9.17, 15) is 29.4 Å². The van der Waals surface area contributed by atoms with Crippen LogP contribution in [0.5, 0.6) is 11.5 Å². The predicted octanol–water partition coefficient (Wildman–Crippen LogP) is 3.39. The van der Waals surface area contributed by atoms with Crippen LogP contribution in [0, 0.1) is 0 Å². The van der Waals surface area contributed by atoms with Crippen molar-refractivity contribution in [3.8, 4) is 11.5 Å². The van der Waals surface area contributed by atoms with Crippen molar-refractivity contribution >= 4 is 68.3 Å². The van der Waals surface area contributed by atoms with Crippen LogP contribution in [0.2, 0.25) is 0 Å². The number of benzene rings is 1. The van der Waals surface area contributed by atoms with Crippen LogP contribution in [0.15, 0.2) is 29.0 Å². The molecular formula is C41H67IN8O9Pb. The molecule has 5 atom stereocenters. The summed E-state index contributed by atoms with van der Waals surface area (Å²) in [5, 5.41) is 32.5. The first-order chi connectivity index (χ1) is 28.4. The van der Waals surface area contributed by atoms with Gasteiger partial charge in [-0.15, -0.1) is 0 Å². The van der Waals surface area contributed by atoms with Gasteiger partial charge in [-0.3, -0.25) is 0 Å². The number of aliphatic hydroxyl groups is 1. The molecule has 8 N–H and O–H groups in total. The van der Waals surface area contributed by atoms with Crippen molar-refractivity contribution in [2.24, 2.45) is 10.7 Å². The van der Waals surface area contributed by atoms with E-state index in [2.05, 4.69) is 46.7 Å². The van der Waals surface area contributed by atoms with Crippen molar-refractivity contribution in [3.63, 3.8) is 0 Å². The van der Waals surface area contributed by atoms with E-state index in [0.717, 1.165) is 24.8 Å². The smallest absolute Gasteiger partial charge is 0.0182 e. The number of aromatic hydroxyl groups is 1.